The van der Waals surface area contributed by atoms with Crippen molar-refractivity contribution in [1.29, 1.82) is 0 Å². The fourth-order valence-corrected chi connectivity index (χ4v) is 3.27. The van der Waals surface area contributed by atoms with Crippen LogP contribution in [-0.4, -0.2) is 51.3 Å². The van der Waals surface area contributed by atoms with Crippen LogP contribution in [-0.2, 0) is 4.79 Å². The van der Waals surface area contributed by atoms with Crippen LogP contribution in [0, 0.1) is 11.8 Å². The highest BCUT2D eigenvalue weighted by atomic mass is 35.5. The predicted octanol–water partition coefficient (Wildman–Crippen LogP) is 3.07. The number of carbonyl (C=O) groups is 2. The number of carbonyl (C=O) groups excluding carboxylic acids is 1. The van der Waals surface area contributed by atoms with Crippen molar-refractivity contribution < 1.29 is 27.9 Å². The molecule has 1 aliphatic heterocycles. The fraction of sp³-hybridized carbons (Fsp3) is 0.312. The van der Waals surface area contributed by atoms with E-state index in [0.717, 1.165) is 4.90 Å². The molecule has 2 atom stereocenters. The van der Waals surface area contributed by atoms with E-state index in [1.54, 1.807) is 24.3 Å². The lowest BCUT2D eigenvalue weighted by atomic mass is 9.96. The first-order valence-electron chi connectivity index (χ1n) is 7.57. The molecule has 2 aromatic rings. The highest BCUT2D eigenvalue weighted by Gasteiger charge is 2.53. The molecule has 26 heavy (non-hydrogen) atoms. The Bertz CT molecular complexity index is 853. The molecule has 2 heterocycles. The molecule has 0 radical (unpaired) electrons. The molecule has 1 saturated heterocycles. The van der Waals surface area contributed by atoms with Crippen molar-refractivity contribution in [2.75, 3.05) is 13.1 Å². The maximum atomic E-state index is 13.1. The van der Waals surface area contributed by atoms with Crippen molar-refractivity contribution in [3.8, 4) is 11.3 Å². The van der Waals surface area contributed by atoms with E-state index in [2.05, 4.69) is 10.2 Å². The minimum Gasteiger partial charge on any atom is -0.481 e. The Morgan fingerprint density at radius 1 is 1.27 bits per heavy atom. The Morgan fingerprint density at radius 3 is 2.54 bits per heavy atom. The van der Waals surface area contributed by atoms with Crippen LogP contribution in [0.5, 0.6) is 0 Å². The Balaban J connectivity index is 1.91. The van der Waals surface area contributed by atoms with E-state index >= 15 is 0 Å². The van der Waals surface area contributed by atoms with E-state index < -0.39 is 43.0 Å². The summed E-state index contributed by atoms with van der Waals surface area (Å²) in [6.07, 6.45) is -3.52. The second-order valence-electron chi connectivity index (χ2n) is 5.94. The topological polar surface area (TPSA) is 86.3 Å². The molecular weight excluding hydrogens is 375 g/mol. The fourth-order valence-electron chi connectivity index (χ4n) is 3.04. The molecule has 1 amide bonds. The molecule has 2 N–H and O–H groups in total. The number of halogens is 4. The van der Waals surface area contributed by atoms with Gasteiger partial charge in [0.1, 0.15) is 0 Å². The summed E-state index contributed by atoms with van der Waals surface area (Å²) in [5.74, 6) is -6.12. The number of likely N-dealkylation sites (tertiary alicyclic amines) is 1. The van der Waals surface area contributed by atoms with E-state index in [1.165, 1.54) is 6.20 Å². The lowest BCUT2D eigenvalue weighted by Crippen LogP contribution is -2.34. The molecule has 3 rings (SSSR count). The number of hydrogen-bond donors (Lipinski definition) is 2. The highest BCUT2D eigenvalue weighted by Crippen LogP contribution is 2.39. The van der Waals surface area contributed by atoms with Gasteiger partial charge < -0.3 is 10.0 Å². The summed E-state index contributed by atoms with van der Waals surface area (Å²) < 4.78 is 39.3. The summed E-state index contributed by atoms with van der Waals surface area (Å²) in [4.78, 5) is 24.8. The van der Waals surface area contributed by atoms with E-state index in [4.69, 9.17) is 16.7 Å². The zero-order valence-electron chi connectivity index (χ0n) is 13.1. The maximum absolute atomic E-state index is 13.1. The van der Waals surface area contributed by atoms with Crippen LogP contribution >= 0.6 is 11.6 Å². The Morgan fingerprint density at radius 2 is 1.96 bits per heavy atom. The van der Waals surface area contributed by atoms with Gasteiger partial charge in [-0.15, -0.1) is 0 Å². The predicted molar refractivity (Wildman–Crippen MR) is 85.6 cm³/mol. The molecule has 1 aromatic heterocycles. The number of nitrogens with one attached hydrogen (secondary N) is 1. The van der Waals surface area contributed by atoms with E-state index in [1.807, 2.05) is 0 Å². The first kappa shape index (κ1) is 18.2. The van der Waals surface area contributed by atoms with Gasteiger partial charge in [0, 0.05) is 23.7 Å². The van der Waals surface area contributed by atoms with E-state index in [0.29, 0.717) is 10.6 Å². The zero-order valence-corrected chi connectivity index (χ0v) is 13.9. The van der Waals surface area contributed by atoms with Gasteiger partial charge in [0.05, 0.1) is 29.3 Å². The van der Waals surface area contributed by atoms with Gasteiger partial charge in [-0.3, -0.25) is 14.7 Å². The minimum absolute atomic E-state index is 0.0325. The second kappa shape index (κ2) is 6.64. The van der Waals surface area contributed by atoms with Crippen LogP contribution < -0.4 is 0 Å². The number of rotatable bonds is 3. The van der Waals surface area contributed by atoms with Crippen LogP contribution in [0.25, 0.3) is 11.3 Å². The Hall–Kier alpha value is -2.55. The lowest BCUT2D eigenvalue weighted by molar-refractivity contribution is -0.187. The largest absolute Gasteiger partial charge is 0.481 e. The summed E-state index contributed by atoms with van der Waals surface area (Å²) in [6, 6.07) is 6.61. The number of aromatic amines is 1. The number of aliphatic carboxylic acids is 1. The highest BCUT2D eigenvalue weighted by molar-refractivity contribution is 6.33. The van der Waals surface area contributed by atoms with Crippen LogP contribution in [0.3, 0.4) is 0 Å². The van der Waals surface area contributed by atoms with Gasteiger partial charge in [0.25, 0.3) is 5.91 Å². The number of amides is 1. The number of H-pyrrole nitrogens is 1. The number of aromatic nitrogens is 2. The third-order valence-electron chi connectivity index (χ3n) is 4.36. The Labute approximate surface area is 150 Å². The van der Waals surface area contributed by atoms with Gasteiger partial charge in [-0.05, 0) is 6.07 Å². The molecule has 0 aliphatic carbocycles. The summed E-state index contributed by atoms with van der Waals surface area (Å²) in [5, 5.41) is 15.8. The minimum atomic E-state index is -4.71. The van der Waals surface area contributed by atoms with Crippen molar-refractivity contribution in [3.05, 3.63) is 41.0 Å². The lowest BCUT2D eigenvalue weighted by Gasteiger charge is -2.18. The van der Waals surface area contributed by atoms with Crippen LogP contribution in [0.4, 0.5) is 13.2 Å². The van der Waals surface area contributed by atoms with Crippen LogP contribution in [0.2, 0.25) is 5.02 Å². The van der Waals surface area contributed by atoms with Gasteiger partial charge in [0.2, 0.25) is 0 Å². The van der Waals surface area contributed by atoms with E-state index in [-0.39, 0.29) is 11.3 Å². The summed E-state index contributed by atoms with van der Waals surface area (Å²) >= 11 is 6.10. The number of carboxylic acids is 1. The Kier molecular flexibility index (Phi) is 4.66. The molecule has 0 bridgehead atoms. The monoisotopic (exact) mass is 387 g/mol. The molecule has 1 aromatic carbocycles. The molecule has 6 nitrogen and oxygen atoms in total. The summed E-state index contributed by atoms with van der Waals surface area (Å²) in [6.45, 7) is -1.24. The van der Waals surface area contributed by atoms with Crippen molar-refractivity contribution in [3.63, 3.8) is 0 Å². The van der Waals surface area contributed by atoms with Crippen molar-refractivity contribution in [2.24, 2.45) is 11.8 Å². The molecule has 0 spiro atoms. The molecule has 1 fully saturated rings. The van der Waals surface area contributed by atoms with Gasteiger partial charge in [-0.25, -0.2) is 0 Å². The average Bonchev–Trinajstić information content (AvgIpc) is 3.21. The first-order chi connectivity index (χ1) is 12.2. The zero-order chi connectivity index (χ0) is 19.1. The number of benzene rings is 1. The molecule has 138 valence electrons. The average molecular weight is 388 g/mol. The van der Waals surface area contributed by atoms with Gasteiger partial charge in [-0.2, -0.15) is 18.3 Å². The van der Waals surface area contributed by atoms with Crippen molar-refractivity contribution in [2.45, 2.75) is 6.18 Å². The van der Waals surface area contributed by atoms with Gasteiger partial charge in [0.15, 0.2) is 0 Å². The molecule has 1 aliphatic rings. The summed E-state index contributed by atoms with van der Waals surface area (Å²) in [7, 11) is 0. The maximum Gasteiger partial charge on any atom is 0.394 e. The second-order valence-corrected chi connectivity index (χ2v) is 6.35. The number of nitrogens with zero attached hydrogens (tertiary/aromatic N) is 2. The standard InChI is InChI=1S/C16H13ClF3N3O3/c17-12-4-2-1-3-8(12)13-9(5-21-22-13)14(24)23-6-10(15(25)26)11(7-23)16(18,19)20/h1-5,10-11H,6-7H2,(H,21,22)(H,25,26)/t10-,11-/m1/s1. The van der Waals surface area contributed by atoms with Crippen LogP contribution in [0.1, 0.15) is 10.4 Å². The van der Waals surface area contributed by atoms with E-state index in [9.17, 15) is 22.8 Å². The third kappa shape index (κ3) is 3.26. The normalized spacial score (nSPS) is 20.4. The number of alkyl halides is 3. The van der Waals surface area contributed by atoms with Crippen molar-refractivity contribution in [1.82, 2.24) is 15.1 Å². The molecule has 0 unspecified atom stereocenters. The number of hydrogen-bond acceptors (Lipinski definition) is 3. The summed E-state index contributed by atoms with van der Waals surface area (Å²) in [5.41, 5.74) is 0.768. The molecule has 0 saturated carbocycles. The SMILES string of the molecule is O=C(O)[C@@H]1CN(C(=O)c2cn[nH]c2-c2ccccc2Cl)C[C@H]1C(F)(F)F. The molecule has 10 heteroatoms. The molecular formula is C16H13ClF3N3O3. The number of carboxylic acid groups (broad SMARTS) is 1. The third-order valence-corrected chi connectivity index (χ3v) is 4.69. The van der Waals surface area contributed by atoms with Gasteiger partial charge >= 0.3 is 12.1 Å². The van der Waals surface area contributed by atoms with Crippen LogP contribution in [0.15, 0.2) is 30.5 Å². The van der Waals surface area contributed by atoms with Crippen molar-refractivity contribution >= 4 is 23.5 Å². The first-order valence-corrected chi connectivity index (χ1v) is 7.95. The smallest absolute Gasteiger partial charge is 0.394 e. The van der Waals surface area contributed by atoms with Gasteiger partial charge in [-0.1, -0.05) is 29.8 Å². The quantitative estimate of drug-likeness (QED) is 0.847.